The number of nitrogens with one attached hydrogen (secondary N) is 1. The Morgan fingerprint density at radius 1 is 1.35 bits per heavy atom. The van der Waals surface area contributed by atoms with Crippen LogP contribution in [0.5, 0.6) is 0 Å². The molecule has 0 saturated carbocycles. The van der Waals surface area contributed by atoms with Gasteiger partial charge in [-0.15, -0.1) is 0 Å². The Balaban J connectivity index is 1.69. The average Bonchev–Trinajstić information content (AvgIpc) is 2.87. The van der Waals surface area contributed by atoms with Crippen molar-refractivity contribution in [3.63, 3.8) is 0 Å². The lowest BCUT2D eigenvalue weighted by Gasteiger charge is -2.37. The molecule has 0 bridgehead atoms. The van der Waals surface area contributed by atoms with Crippen molar-refractivity contribution in [2.75, 3.05) is 31.1 Å². The van der Waals surface area contributed by atoms with Crippen LogP contribution in [-0.4, -0.2) is 48.3 Å². The van der Waals surface area contributed by atoms with E-state index in [4.69, 9.17) is 0 Å². The third kappa shape index (κ3) is 2.33. The monoisotopic (exact) mass is 275 g/mol. The van der Waals surface area contributed by atoms with Crippen LogP contribution >= 0.6 is 0 Å². The summed E-state index contributed by atoms with van der Waals surface area (Å²) in [5, 5.41) is 12.7. The lowest BCUT2D eigenvalue weighted by atomic mass is 10.1. The molecule has 2 fully saturated rings. The molecule has 2 heterocycles. The maximum Gasteiger partial charge on any atom is 0.317 e. The normalized spacial score (nSPS) is 23.5. The first-order valence-corrected chi connectivity index (χ1v) is 7.26. The smallest absolute Gasteiger partial charge is 0.317 e. The molecule has 1 aromatic rings. The number of fused-ring (bicyclic) bond motifs is 1. The number of urea groups is 1. The second-order valence-corrected chi connectivity index (χ2v) is 5.49. The number of piperazine rings is 1. The fourth-order valence-electron chi connectivity index (χ4n) is 2.98. The Hall–Kier alpha value is -1.75. The predicted octanol–water partition coefficient (Wildman–Crippen LogP) is 1.34. The van der Waals surface area contributed by atoms with E-state index in [-0.39, 0.29) is 18.2 Å². The van der Waals surface area contributed by atoms with Gasteiger partial charge in [-0.3, -0.25) is 0 Å². The van der Waals surface area contributed by atoms with Crippen molar-refractivity contribution in [2.45, 2.75) is 25.5 Å². The van der Waals surface area contributed by atoms with Gasteiger partial charge in [0.05, 0.1) is 12.1 Å². The van der Waals surface area contributed by atoms with Crippen molar-refractivity contribution in [1.82, 2.24) is 10.2 Å². The van der Waals surface area contributed by atoms with Gasteiger partial charge in [0.1, 0.15) is 0 Å². The number of aliphatic hydroxyl groups excluding tert-OH is 1. The zero-order valence-corrected chi connectivity index (χ0v) is 11.7. The SMILES string of the molecule is CC[C@H](O)c1ccc(N2CCN3C(=O)NCC3C2)cc1. The highest BCUT2D eigenvalue weighted by Crippen LogP contribution is 2.24. The highest BCUT2D eigenvalue weighted by atomic mass is 16.3. The minimum absolute atomic E-state index is 0.0658. The Morgan fingerprint density at radius 3 is 2.80 bits per heavy atom. The molecule has 2 N–H and O–H groups in total. The number of anilines is 1. The summed E-state index contributed by atoms with van der Waals surface area (Å²) in [4.78, 5) is 15.8. The summed E-state index contributed by atoms with van der Waals surface area (Å²) >= 11 is 0. The van der Waals surface area contributed by atoms with Crippen LogP contribution in [0.25, 0.3) is 0 Å². The number of hydrogen-bond acceptors (Lipinski definition) is 3. The van der Waals surface area contributed by atoms with Crippen molar-refractivity contribution in [3.05, 3.63) is 29.8 Å². The topological polar surface area (TPSA) is 55.8 Å². The molecule has 0 aliphatic carbocycles. The van der Waals surface area contributed by atoms with Crippen LogP contribution in [0.1, 0.15) is 25.0 Å². The molecule has 5 heteroatoms. The molecule has 2 amide bonds. The largest absolute Gasteiger partial charge is 0.388 e. The maximum atomic E-state index is 11.6. The number of nitrogens with zero attached hydrogens (tertiary/aromatic N) is 2. The van der Waals surface area contributed by atoms with Gasteiger partial charge in [0.2, 0.25) is 0 Å². The first kappa shape index (κ1) is 13.2. The molecule has 1 unspecified atom stereocenters. The van der Waals surface area contributed by atoms with Crippen LogP contribution < -0.4 is 10.2 Å². The van der Waals surface area contributed by atoms with E-state index in [0.717, 1.165) is 43.9 Å². The molecule has 2 aliphatic rings. The molecular formula is C15H21N3O2. The van der Waals surface area contributed by atoms with Crippen LogP contribution in [0.4, 0.5) is 10.5 Å². The Morgan fingerprint density at radius 2 is 2.10 bits per heavy atom. The number of rotatable bonds is 3. The van der Waals surface area contributed by atoms with Gasteiger partial charge in [0.25, 0.3) is 0 Å². The fraction of sp³-hybridized carbons (Fsp3) is 0.533. The van der Waals surface area contributed by atoms with E-state index in [1.54, 1.807) is 0 Å². The highest BCUT2D eigenvalue weighted by molar-refractivity contribution is 5.77. The fourth-order valence-corrected chi connectivity index (χ4v) is 2.98. The zero-order valence-electron chi connectivity index (χ0n) is 11.7. The van der Waals surface area contributed by atoms with Crippen LogP contribution in [0.15, 0.2) is 24.3 Å². The Kier molecular flexibility index (Phi) is 3.53. The summed E-state index contributed by atoms with van der Waals surface area (Å²) in [7, 11) is 0. The van der Waals surface area contributed by atoms with Gasteiger partial charge in [0.15, 0.2) is 0 Å². The average molecular weight is 275 g/mol. The third-order valence-corrected chi connectivity index (χ3v) is 4.26. The van der Waals surface area contributed by atoms with Crippen molar-refractivity contribution in [2.24, 2.45) is 0 Å². The lowest BCUT2D eigenvalue weighted by Crippen LogP contribution is -2.52. The van der Waals surface area contributed by atoms with E-state index in [1.807, 2.05) is 24.0 Å². The molecule has 108 valence electrons. The van der Waals surface area contributed by atoms with Gasteiger partial charge >= 0.3 is 6.03 Å². The van der Waals surface area contributed by atoms with Crippen molar-refractivity contribution in [1.29, 1.82) is 0 Å². The van der Waals surface area contributed by atoms with Gasteiger partial charge < -0.3 is 20.2 Å². The summed E-state index contributed by atoms with van der Waals surface area (Å²) in [5.41, 5.74) is 2.13. The number of carbonyl (C=O) groups is 1. The van der Waals surface area contributed by atoms with Gasteiger partial charge in [-0.2, -0.15) is 0 Å². The van der Waals surface area contributed by atoms with Crippen LogP contribution in [-0.2, 0) is 0 Å². The number of hydrogen-bond donors (Lipinski definition) is 2. The summed E-state index contributed by atoms with van der Waals surface area (Å²) in [6, 6.07) is 8.46. The molecule has 0 radical (unpaired) electrons. The molecule has 1 aromatic carbocycles. The zero-order chi connectivity index (χ0) is 14.1. The second-order valence-electron chi connectivity index (χ2n) is 5.49. The predicted molar refractivity (Wildman–Crippen MR) is 77.8 cm³/mol. The Labute approximate surface area is 119 Å². The minimum Gasteiger partial charge on any atom is -0.388 e. The van der Waals surface area contributed by atoms with Gasteiger partial charge in [0, 0.05) is 31.9 Å². The van der Waals surface area contributed by atoms with E-state index < -0.39 is 0 Å². The molecule has 20 heavy (non-hydrogen) atoms. The maximum absolute atomic E-state index is 11.6. The van der Waals surface area contributed by atoms with E-state index in [9.17, 15) is 9.90 Å². The minimum atomic E-state index is -0.377. The molecule has 0 spiro atoms. The van der Waals surface area contributed by atoms with E-state index in [0.29, 0.717) is 0 Å². The summed E-state index contributed by atoms with van der Waals surface area (Å²) in [6.07, 6.45) is 0.353. The number of benzene rings is 1. The molecular weight excluding hydrogens is 254 g/mol. The third-order valence-electron chi connectivity index (χ3n) is 4.26. The standard InChI is InChI=1S/C15H21N3O2/c1-2-14(19)11-3-5-12(6-4-11)17-7-8-18-13(10-17)9-16-15(18)20/h3-6,13-14,19H,2,7-10H2,1H3,(H,16,20)/t13?,14-/m0/s1. The number of aliphatic hydroxyl groups is 1. The van der Waals surface area contributed by atoms with Gasteiger partial charge in [-0.1, -0.05) is 19.1 Å². The van der Waals surface area contributed by atoms with E-state index >= 15 is 0 Å². The second kappa shape index (κ2) is 5.32. The van der Waals surface area contributed by atoms with Gasteiger partial charge in [-0.05, 0) is 24.1 Å². The van der Waals surface area contributed by atoms with Crippen LogP contribution in [0, 0.1) is 0 Å². The lowest BCUT2D eigenvalue weighted by molar-refractivity contribution is 0.173. The molecule has 2 atom stereocenters. The number of amides is 2. The summed E-state index contributed by atoms with van der Waals surface area (Å²) < 4.78 is 0. The Bertz CT molecular complexity index is 488. The van der Waals surface area contributed by atoms with Crippen LogP contribution in [0.2, 0.25) is 0 Å². The van der Waals surface area contributed by atoms with Crippen molar-refractivity contribution in [3.8, 4) is 0 Å². The highest BCUT2D eigenvalue weighted by Gasteiger charge is 2.35. The number of carbonyl (C=O) groups excluding carboxylic acids is 1. The quantitative estimate of drug-likeness (QED) is 0.875. The summed E-state index contributed by atoms with van der Waals surface area (Å²) in [6.45, 7) is 5.22. The first-order chi connectivity index (χ1) is 9.69. The molecule has 2 saturated heterocycles. The van der Waals surface area contributed by atoms with E-state index in [1.165, 1.54) is 0 Å². The molecule has 2 aliphatic heterocycles. The molecule has 5 nitrogen and oxygen atoms in total. The first-order valence-electron chi connectivity index (χ1n) is 7.26. The van der Waals surface area contributed by atoms with Crippen molar-refractivity contribution >= 4 is 11.7 Å². The molecule has 3 rings (SSSR count). The summed E-state index contributed by atoms with van der Waals surface area (Å²) in [5.74, 6) is 0. The van der Waals surface area contributed by atoms with Crippen LogP contribution in [0.3, 0.4) is 0 Å². The van der Waals surface area contributed by atoms with Crippen molar-refractivity contribution < 1.29 is 9.90 Å². The van der Waals surface area contributed by atoms with Gasteiger partial charge in [-0.25, -0.2) is 4.79 Å². The molecule has 0 aromatic heterocycles. The van der Waals surface area contributed by atoms with E-state index in [2.05, 4.69) is 22.3 Å².